The summed E-state index contributed by atoms with van der Waals surface area (Å²) in [6.45, 7) is 5.56. The van der Waals surface area contributed by atoms with Gasteiger partial charge in [0.05, 0.1) is 6.54 Å². The summed E-state index contributed by atoms with van der Waals surface area (Å²) in [4.78, 5) is 20.7. The van der Waals surface area contributed by atoms with Gasteiger partial charge in [-0.15, -0.1) is 0 Å². The van der Waals surface area contributed by atoms with Crippen LogP contribution in [0.15, 0.2) is 35.0 Å². The van der Waals surface area contributed by atoms with Crippen molar-refractivity contribution >= 4 is 17.5 Å². The third kappa shape index (κ3) is 3.62. The minimum Gasteiger partial charge on any atom is -0.360 e. The Morgan fingerprint density at radius 2 is 2.14 bits per heavy atom. The predicted octanol–water partition coefficient (Wildman–Crippen LogP) is 1.14. The van der Waals surface area contributed by atoms with E-state index in [1.54, 1.807) is 19.2 Å². The highest BCUT2D eigenvalue weighted by atomic mass is 16.5. The van der Waals surface area contributed by atoms with E-state index in [2.05, 4.69) is 25.3 Å². The lowest BCUT2D eigenvalue weighted by molar-refractivity contribution is -0.117. The van der Waals surface area contributed by atoms with E-state index >= 15 is 0 Å². The maximum absolute atomic E-state index is 12.0. The molecule has 7 nitrogen and oxygen atoms in total. The van der Waals surface area contributed by atoms with E-state index in [4.69, 9.17) is 4.52 Å². The molecule has 1 saturated heterocycles. The average molecular weight is 301 g/mol. The van der Waals surface area contributed by atoms with Gasteiger partial charge in [0.1, 0.15) is 11.6 Å². The summed E-state index contributed by atoms with van der Waals surface area (Å²) in [6, 6.07) is 7.62. The third-order valence-electron chi connectivity index (χ3n) is 3.61. The van der Waals surface area contributed by atoms with Gasteiger partial charge in [0, 0.05) is 38.4 Å². The quantitative estimate of drug-likeness (QED) is 0.913. The van der Waals surface area contributed by atoms with E-state index in [0.29, 0.717) is 18.1 Å². The topological polar surface area (TPSA) is 74.5 Å². The van der Waals surface area contributed by atoms with Crippen LogP contribution in [0.3, 0.4) is 0 Å². The number of hydrogen-bond acceptors (Lipinski definition) is 6. The molecular weight excluding hydrogens is 282 g/mol. The number of amides is 1. The maximum atomic E-state index is 12.0. The second-order valence-electron chi connectivity index (χ2n) is 5.32. The second-order valence-corrected chi connectivity index (χ2v) is 5.32. The van der Waals surface area contributed by atoms with Crippen LogP contribution in [0.1, 0.15) is 5.76 Å². The molecule has 1 fully saturated rings. The molecule has 1 aliphatic heterocycles. The summed E-state index contributed by atoms with van der Waals surface area (Å²) < 4.78 is 4.93. The van der Waals surface area contributed by atoms with Gasteiger partial charge < -0.3 is 14.7 Å². The lowest BCUT2D eigenvalue weighted by atomic mass is 10.3. The molecule has 1 amide bonds. The van der Waals surface area contributed by atoms with Crippen LogP contribution in [0.2, 0.25) is 0 Å². The fraction of sp³-hybridized carbons (Fsp3) is 0.400. The van der Waals surface area contributed by atoms with Crippen molar-refractivity contribution < 1.29 is 9.32 Å². The zero-order valence-electron chi connectivity index (χ0n) is 12.5. The molecule has 0 saturated carbocycles. The molecule has 7 heteroatoms. The van der Waals surface area contributed by atoms with Crippen molar-refractivity contribution in [1.82, 2.24) is 15.0 Å². The van der Waals surface area contributed by atoms with E-state index in [9.17, 15) is 4.79 Å². The Morgan fingerprint density at radius 3 is 2.77 bits per heavy atom. The number of pyridine rings is 1. The molecule has 2 aromatic rings. The van der Waals surface area contributed by atoms with Gasteiger partial charge in [-0.25, -0.2) is 4.98 Å². The van der Waals surface area contributed by atoms with Crippen LogP contribution < -0.4 is 10.2 Å². The van der Waals surface area contributed by atoms with Gasteiger partial charge in [-0.05, 0) is 19.1 Å². The Morgan fingerprint density at radius 1 is 1.32 bits per heavy atom. The Labute approximate surface area is 128 Å². The van der Waals surface area contributed by atoms with Gasteiger partial charge in [-0.3, -0.25) is 9.69 Å². The minimum atomic E-state index is -0.0698. The molecule has 2 aromatic heterocycles. The van der Waals surface area contributed by atoms with Gasteiger partial charge in [0.25, 0.3) is 0 Å². The number of piperazine rings is 1. The van der Waals surface area contributed by atoms with Crippen LogP contribution in [-0.4, -0.2) is 53.7 Å². The average Bonchev–Trinajstić information content (AvgIpc) is 2.94. The van der Waals surface area contributed by atoms with Crippen LogP contribution in [0, 0.1) is 6.92 Å². The van der Waals surface area contributed by atoms with Crippen molar-refractivity contribution in [2.24, 2.45) is 0 Å². The number of nitrogens with one attached hydrogen (secondary N) is 1. The van der Waals surface area contributed by atoms with Crippen molar-refractivity contribution in [2.45, 2.75) is 6.92 Å². The SMILES string of the molecule is Cc1cc(NC(=O)CN2CCN(c3ccccn3)CC2)no1. The van der Waals surface area contributed by atoms with Crippen LogP contribution in [0.4, 0.5) is 11.6 Å². The first kappa shape index (κ1) is 14.5. The van der Waals surface area contributed by atoms with Crippen molar-refractivity contribution in [3.05, 3.63) is 36.2 Å². The number of anilines is 2. The molecule has 0 radical (unpaired) electrons. The van der Waals surface area contributed by atoms with Crippen LogP contribution >= 0.6 is 0 Å². The third-order valence-corrected chi connectivity index (χ3v) is 3.61. The number of carbonyl (C=O) groups excluding carboxylic acids is 1. The van der Waals surface area contributed by atoms with Crippen molar-refractivity contribution in [3.8, 4) is 0 Å². The van der Waals surface area contributed by atoms with Gasteiger partial charge >= 0.3 is 0 Å². The number of aromatic nitrogens is 2. The van der Waals surface area contributed by atoms with Crippen molar-refractivity contribution in [1.29, 1.82) is 0 Å². The molecule has 1 N–H and O–H groups in total. The van der Waals surface area contributed by atoms with E-state index in [1.807, 2.05) is 18.2 Å². The zero-order valence-corrected chi connectivity index (χ0v) is 12.5. The van der Waals surface area contributed by atoms with Gasteiger partial charge in [0.15, 0.2) is 5.82 Å². The number of aryl methyl sites for hydroxylation is 1. The van der Waals surface area contributed by atoms with Gasteiger partial charge in [-0.2, -0.15) is 0 Å². The first-order valence-electron chi connectivity index (χ1n) is 7.32. The minimum absolute atomic E-state index is 0.0698. The molecule has 3 rings (SSSR count). The van der Waals surface area contributed by atoms with E-state index in [-0.39, 0.29) is 5.91 Å². The fourth-order valence-electron chi connectivity index (χ4n) is 2.49. The standard InChI is InChI=1S/C15H19N5O2/c1-12-10-13(18-22-12)17-15(21)11-19-6-8-20(9-7-19)14-4-2-3-5-16-14/h2-5,10H,6-9,11H2,1H3,(H,17,18,21). The molecular formula is C15H19N5O2. The van der Waals surface area contributed by atoms with Crippen molar-refractivity contribution in [3.63, 3.8) is 0 Å². The molecule has 3 heterocycles. The van der Waals surface area contributed by atoms with E-state index in [1.165, 1.54) is 0 Å². The molecule has 0 spiro atoms. The molecule has 116 valence electrons. The number of hydrogen-bond donors (Lipinski definition) is 1. The lowest BCUT2D eigenvalue weighted by Crippen LogP contribution is -2.48. The number of carbonyl (C=O) groups is 1. The molecule has 0 atom stereocenters. The Balaban J connectivity index is 1.46. The van der Waals surface area contributed by atoms with E-state index < -0.39 is 0 Å². The summed E-state index contributed by atoms with van der Waals surface area (Å²) in [6.07, 6.45) is 1.80. The highest BCUT2D eigenvalue weighted by Crippen LogP contribution is 2.12. The first-order chi connectivity index (χ1) is 10.7. The zero-order chi connectivity index (χ0) is 15.4. The highest BCUT2D eigenvalue weighted by molar-refractivity contribution is 5.91. The number of rotatable bonds is 4. The van der Waals surface area contributed by atoms with Crippen LogP contribution in [-0.2, 0) is 4.79 Å². The first-order valence-corrected chi connectivity index (χ1v) is 7.32. The summed E-state index contributed by atoms with van der Waals surface area (Å²) in [5.74, 6) is 2.07. The molecule has 22 heavy (non-hydrogen) atoms. The number of nitrogens with zero attached hydrogens (tertiary/aromatic N) is 4. The molecule has 0 unspecified atom stereocenters. The molecule has 0 bridgehead atoms. The van der Waals surface area contributed by atoms with Gasteiger partial charge in [0.2, 0.25) is 5.91 Å². The summed E-state index contributed by atoms with van der Waals surface area (Å²) in [7, 11) is 0. The normalized spacial score (nSPS) is 15.8. The van der Waals surface area contributed by atoms with Crippen LogP contribution in [0.25, 0.3) is 0 Å². The second kappa shape index (κ2) is 6.57. The summed E-state index contributed by atoms with van der Waals surface area (Å²) in [5.41, 5.74) is 0. The smallest absolute Gasteiger partial charge is 0.239 e. The van der Waals surface area contributed by atoms with E-state index in [0.717, 1.165) is 32.0 Å². The lowest BCUT2D eigenvalue weighted by Gasteiger charge is -2.34. The molecule has 0 aromatic carbocycles. The maximum Gasteiger partial charge on any atom is 0.239 e. The Bertz CT molecular complexity index is 620. The highest BCUT2D eigenvalue weighted by Gasteiger charge is 2.20. The van der Waals surface area contributed by atoms with Crippen molar-refractivity contribution in [2.75, 3.05) is 42.9 Å². The van der Waals surface area contributed by atoms with Gasteiger partial charge in [-0.1, -0.05) is 11.2 Å². The fourth-order valence-corrected chi connectivity index (χ4v) is 2.49. The molecule has 0 aliphatic carbocycles. The summed E-state index contributed by atoms with van der Waals surface area (Å²) in [5, 5.41) is 6.50. The van der Waals surface area contributed by atoms with Crippen LogP contribution in [0.5, 0.6) is 0 Å². The predicted molar refractivity (Wildman–Crippen MR) is 82.8 cm³/mol. The summed E-state index contributed by atoms with van der Waals surface area (Å²) >= 11 is 0. The largest absolute Gasteiger partial charge is 0.360 e. The molecule has 1 aliphatic rings. The Hall–Kier alpha value is -2.41. The monoisotopic (exact) mass is 301 g/mol. The Kier molecular flexibility index (Phi) is 4.34.